The van der Waals surface area contributed by atoms with Crippen LogP contribution in [0.5, 0.6) is 5.75 Å². The van der Waals surface area contributed by atoms with Crippen LogP contribution in [0.1, 0.15) is 48.3 Å². The summed E-state index contributed by atoms with van der Waals surface area (Å²) >= 11 is 14.0. The lowest BCUT2D eigenvalue weighted by atomic mass is 10.0. The quantitative estimate of drug-likeness (QED) is 0.228. The number of imidazole rings is 1. The first kappa shape index (κ1) is 25.6. The number of nitrogens with one attached hydrogen (secondary N) is 1. The standard InChI is InChI=1S/C27H27Cl2N3O2S/c1-17(2)25-27(35-23-12-20(28)11-21(29)13-23)32-26(31-25)24(19-5-4-10-30-14-19)16-34-15-18-6-8-22(33-3)9-7-18/h4-14,17,24H,15-16H2,1-3H3,(H,31,32). The van der Waals surface area contributed by atoms with Crippen LogP contribution in [-0.4, -0.2) is 28.7 Å². The van der Waals surface area contributed by atoms with Crippen LogP contribution in [-0.2, 0) is 11.3 Å². The van der Waals surface area contributed by atoms with Gasteiger partial charge < -0.3 is 14.5 Å². The minimum absolute atomic E-state index is 0.100. The largest absolute Gasteiger partial charge is 0.497 e. The molecule has 2 heterocycles. The number of rotatable bonds is 10. The highest BCUT2D eigenvalue weighted by Gasteiger charge is 2.23. The zero-order valence-electron chi connectivity index (χ0n) is 19.8. The van der Waals surface area contributed by atoms with Crippen molar-refractivity contribution in [2.75, 3.05) is 13.7 Å². The predicted octanol–water partition coefficient (Wildman–Crippen LogP) is 7.74. The highest BCUT2D eigenvalue weighted by atomic mass is 35.5. The van der Waals surface area contributed by atoms with Crippen LogP contribution in [0.2, 0.25) is 10.0 Å². The lowest BCUT2D eigenvalue weighted by molar-refractivity contribution is 0.112. The molecule has 4 rings (SSSR count). The normalized spacial score (nSPS) is 12.2. The fraction of sp³-hybridized carbons (Fsp3) is 0.259. The minimum atomic E-state index is -0.100. The Morgan fingerprint density at radius 1 is 1.03 bits per heavy atom. The van der Waals surface area contributed by atoms with Crippen LogP contribution in [0.15, 0.2) is 76.9 Å². The first-order valence-electron chi connectivity index (χ1n) is 11.3. The number of halogens is 2. The van der Waals surface area contributed by atoms with E-state index in [9.17, 15) is 0 Å². The molecule has 5 nitrogen and oxygen atoms in total. The van der Waals surface area contributed by atoms with Gasteiger partial charge in [0.15, 0.2) is 0 Å². The molecule has 1 atom stereocenters. The molecule has 1 unspecified atom stereocenters. The van der Waals surface area contributed by atoms with Crippen molar-refractivity contribution in [3.05, 3.63) is 99.7 Å². The van der Waals surface area contributed by atoms with E-state index in [-0.39, 0.29) is 11.8 Å². The number of methoxy groups -OCH3 is 1. The van der Waals surface area contributed by atoms with E-state index in [1.165, 1.54) is 0 Å². The summed E-state index contributed by atoms with van der Waals surface area (Å²) in [7, 11) is 1.66. The number of pyridine rings is 1. The van der Waals surface area contributed by atoms with E-state index in [1.807, 2.05) is 48.7 Å². The molecule has 0 saturated heterocycles. The van der Waals surface area contributed by atoms with Crippen LogP contribution in [0.25, 0.3) is 0 Å². The number of aromatic nitrogens is 3. The van der Waals surface area contributed by atoms with Gasteiger partial charge in [0.1, 0.15) is 16.6 Å². The van der Waals surface area contributed by atoms with Crippen molar-refractivity contribution in [3.63, 3.8) is 0 Å². The smallest absolute Gasteiger partial charge is 0.122 e. The van der Waals surface area contributed by atoms with Gasteiger partial charge >= 0.3 is 0 Å². The van der Waals surface area contributed by atoms with Crippen molar-refractivity contribution < 1.29 is 9.47 Å². The number of ether oxygens (including phenoxy) is 2. The molecule has 0 amide bonds. The zero-order valence-corrected chi connectivity index (χ0v) is 22.1. The lowest BCUT2D eigenvalue weighted by Gasteiger charge is -2.15. The number of aromatic amines is 1. The van der Waals surface area contributed by atoms with Crippen LogP contribution >= 0.6 is 35.0 Å². The third kappa shape index (κ3) is 6.79. The average Bonchev–Trinajstić information content (AvgIpc) is 3.25. The van der Waals surface area contributed by atoms with Crippen molar-refractivity contribution in [2.24, 2.45) is 0 Å². The molecule has 0 radical (unpaired) electrons. The maximum absolute atomic E-state index is 6.22. The Morgan fingerprint density at radius 3 is 2.40 bits per heavy atom. The molecule has 0 saturated carbocycles. The van der Waals surface area contributed by atoms with Crippen LogP contribution < -0.4 is 4.74 Å². The van der Waals surface area contributed by atoms with Gasteiger partial charge in [0.05, 0.1) is 31.9 Å². The molecule has 2 aromatic heterocycles. The van der Waals surface area contributed by atoms with Crippen LogP contribution in [0, 0.1) is 0 Å². The van der Waals surface area contributed by atoms with E-state index >= 15 is 0 Å². The molecule has 182 valence electrons. The van der Waals surface area contributed by atoms with Crippen molar-refractivity contribution in [1.82, 2.24) is 15.0 Å². The van der Waals surface area contributed by atoms with E-state index in [0.717, 1.165) is 38.3 Å². The van der Waals surface area contributed by atoms with Gasteiger partial charge in [0.25, 0.3) is 0 Å². The van der Waals surface area contributed by atoms with Crippen molar-refractivity contribution in [3.8, 4) is 5.75 Å². The number of H-pyrrole nitrogens is 1. The first-order chi connectivity index (χ1) is 16.9. The Labute approximate surface area is 220 Å². The Morgan fingerprint density at radius 2 is 1.77 bits per heavy atom. The second kappa shape index (κ2) is 12.0. The maximum Gasteiger partial charge on any atom is 0.122 e. The fourth-order valence-corrected chi connectivity index (χ4v) is 5.44. The zero-order chi connectivity index (χ0) is 24.8. The van der Waals surface area contributed by atoms with E-state index < -0.39 is 0 Å². The topological polar surface area (TPSA) is 60.0 Å². The Kier molecular flexibility index (Phi) is 8.74. The number of benzene rings is 2. The molecule has 0 fully saturated rings. The summed E-state index contributed by atoms with van der Waals surface area (Å²) in [6.45, 7) is 5.23. The highest BCUT2D eigenvalue weighted by Crippen LogP contribution is 2.37. The van der Waals surface area contributed by atoms with Crippen molar-refractivity contribution in [1.29, 1.82) is 0 Å². The SMILES string of the molecule is COc1ccc(COCC(c2cccnc2)c2nc(Sc3cc(Cl)cc(Cl)c3)c(C(C)C)[nH]2)cc1. The second-order valence-corrected chi connectivity index (χ2v) is 10.3. The van der Waals surface area contributed by atoms with Gasteiger partial charge in [-0.3, -0.25) is 4.98 Å². The summed E-state index contributed by atoms with van der Waals surface area (Å²) < 4.78 is 11.4. The van der Waals surface area contributed by atoms with Crippen molar-refractivity contribution >= 4 is 35.0 Å². The summed E-state index contributed by atoms with van der Waals surface area (Å²) in [5, 5.41) is 2.10. The monoisotopic (exact) mass is 527 g/mol. The predicted molar refractivity (Wildman–Crippen MR) is 142 cm³/mol. The van der Waals surface area contributed by atoms with Crippen molar-refractivity contribution in [2.45, 2.75) is 42.2 Å². The lowest BCUT2D eigenvalue weighted by Crippen LogP contribution is -2.12. The molecule has 8 heteroatoms. The highest BCUT2D eigenvalue weighted by molar-refractivity contribution is 7.99. The molecule has 35 heavy (non-hydrogen) atoms. The third-order valence-corrected chi connectivity index (χ3v) is 6.88. The molecule has 0 spiro atoms. The first-order valence-corrected chi connectivity index (χ1v) is 12.8. The average molecular weight is 529 g/mol. The van der Waals surface area contributed by atoms with E-state index in [2.05, 4.69) is 29.9 Å². The summed E-state index contributed by atoms with van der Waals surface area (Å²) in [6, 6.07) is 17.4. The third-order valence-electron chi connectivity index (χ3n) is 5.47. The van der Waals surface area contributed by atoms with Gasteiger partial charge in [-0.2, -0.15) is 0 Å². The van der Waals surface area contributed by atoms with E-state index in [1.54, 1.807) is 31.1 Å². The summed E-state index contributed by atoms with van der Waals surface area (Å²) in [5.74, 6) is 1.82. The second-order valence-electron chi connectivity index (χ2n) is 8.40. The molecule has 0 aliphatic heterocycles. The number of nitrogens with zero attached hydrogens (tertiary/aromatic N) is 2. The Bertz CT molecular complexity index is 1230. The molecule has 4 aromatic rings. The maximum atomic E-state index is 6.22. The summed E-state index contributed by atoms with van der Waals surface area (Å²) in [5.41, 5.74) is 3.17. The fourth-order valence-electron chi connectivity index (χ4n) is 3.65. The molecule has 0 aliphatic rings. The van der Waals surface area contributed by atoms with E-state index in [4.69, 9.17) is 37.7 Å². The van der Waals surface area contributed by atoms with Gasteiger partial charge in [0.2, 0.25) is 0 Å². The Hall–Kier alpha value is -2.51. The van der Waals surface area contributed by atoms with Gasteiger partial charge in [-0.25, -0.2) is 4.98 Å². The van der Waals surface area contributed by atoms with E-state index in [0.29, 0.717) is 23.3 Å². The number of hydrogen-bond donors (Lipinski definition) is 1. The summed E-state index contributed by atoms with van der Waals surface area (Å²) in [6.07, 6.45) is 3.63. The van der Waals surface area contributed by atoms with Gasteiger partial charge in [-0.1, -0.05) is 67.0 Å². The molecule has 0 bridgehead atoms. The van der Waals surface area contributed by atoms with Crippen LogP contribution in [0.3, 0.4) is 0 Å². The van der Waals surface area contributed by atoms with Crippen LogP contribution in [0.4, 0.5) is 0 Å². The summed E-state index contributed by atoms with van der Waals surface area (Å²) in [4.78, 5) is 13.8. The number of hydrogen-bond acceptors (Lipinski definition) is 5. The van der Waals surface area contributed by atoms with Gasteiger partial charge in [-0.05, 0) is 53.4 Å². The minimum Gasteiger partial charge on any atom is -0.497 e. The molecular formula is C27H27Cl2N3O2S. The van der Waals surface area contributed by atoms with Gasteiger partial charge in [-0.15, -0.1) is 0 Å². The van der Waals surface area contributed by atoms with Gasteiger partial charge in [0, 0.05) is 27.3 Å². The molecule has 1 N–H and O–H groups in total. The molecular weight excluding hydrogens is 501 g/mol. The Balaban J connectivity index is 1.59. The molecule has 2 aromatic carbocycles. The molecule has 0 aliphatic carbocycles.